The lowest BCUT2D eigenvalue weighted by Gasteiger charge is -2.17. The van der Waals surface area contributed by atoms with Crippen LogP contribution in [0.5, 0.6) is 23.0 Å². The lowest BCUT2D eigenvalue weighted by atomic mass is 9.91. The van der Waals surface area contributed by atoms with Crippen LogP contribution in [0.1, 0.15) is 17.0 Å². The Morgan fingerprint density at radius 1 is 0.833 bits per heavy atom. The molecule has 0 saturated carbocycles. The lowest BCUT2D eigenvalue weighted by Crippen LogP contribution is -2.28. The van der Waals surface area contributed by atoms with Crippen molar-refractivity contribution in [2.45, 2.75) is 12.2 Å². The summed E-state index contributed by atoms with van der Waals surface area (Å²) >= 11 is 0. The fourth-order valence-corrected chi connectivity index (χ4v) is 3.89. The highest BCUT2D eigenvalue weighted by Crippen LogP contribution is 2.49. The Labute approximate surface area is 166 Å². The van der Waals surface area contributed by atoms with E-state index >= 15 is 0 Å². The van der Waals surface area contributed by atoms with E-state index in [-0.39, 0.29) is 50.3 Å². The average Bonchev–Trinajstić information content (AvgIpc) is 3.07. The molecule has 3 heterocycles. The van der Waals surface area contributed by atoms with Crippen LogP contribution in [0.3, 0.4) is 0 Å². The second-order valence-electron chi connectivity index (χ2n) is 6.78. The molecule has 152 valence electrons. The minimum absolute atomic E-state index is 0.0209. The first-order chi connectivity index (χ1) is 14.4. The van der Waals surface area contributed by atoms with Gasteiger partial charge in [-0.1, -0.05) is 12.1 Å². The first-order valence-corrected chi connectivity index (χ1v) is 8.88. The number of benzene rings is 2. The van der Waals surface area contributed by atoms with Crippen LogP contribution in [0.2, 0.25) is 0 Å². The molecule has 30 heavy (non-hydrogen) atoms. The van der Waals surface area contributed by atoms with Gasteiger partial charge in [0.15, 0.2) is 0 Å². The predicted molar refractivity (Wildman–Crippen MR) is 103 cm³/mol. The van der Waals surface area contributed by atoms with E-state index in [1.807, 2.05) is 0 Å². The number of aromatic hydroxyl groups is 3. The molecule has 0 amide bonds. The Kier molecular flexibility index (Phi) is 3.77. The number of ether oxygens (including phenoxy) is 2. The molecule has 2 atom stereocenters. The Bertz CT molecular complexity index is 1450. The lowest BCUT2D eigenvalue weighted by molar-refractivity contribution is -0.0472. The third kappa shape index (κ3) is 2.32. The van der Waals surface area contributed by atoms with Crippen LogP contribution >= 0.6 is 0 Å². The van der Waals surface area contributed by atoms with Gasteiger partial charge in [-0.2, -0.15) is 0 Å². The fourth-order valence-electron chi connectivity index (χ4n) is 3.89. The number of hydrogen-bond acceptors (Lipinski definition) is 9. The van der Waals surface area contributed by atoms with Crippen molar-refractivity contribution in [3.8, 4) is 23.0 Å². The molecule has 9 heteroatoms. The quantitative estimate of drug-likeness (QED) is 0.425. The molecule has 5 rings (SSSR count). The molecule has 1 aliphatic heterocycles. The normalized spacial score (nSPS) is 17.9. The van der Waals surface area contributed by atoms with Gasteiger partial charge in [0.1, 0.15) is 44.9 Å². The highest BCUT2D eigenvalue weighted by molar-refractivity contribution is 5.92. The van der Waals surface area contributed by atoms with Crippen LogP contribution in [0.15, 0.2) is 54.8 Å². The van der Waals surface area contributed by atoms with Crippen LogP contribution in [0, 0.1) is 0 Å². The van der Waals surface area contributed by atoms with E-state index in [4.69, 9.17) is 18.3 Å². The van der Waals surface area contributed by atoms with Gasteiger partial charge >= 0.3 is 11.3 Å². The molecule has 9 nitrogen and oxygen atoms in total. The van der Waals surface area contributed by atoms with Crippen LogP contribution in [-0.2, 0) is 4.74 Å². The molecule has 2 aromatic carbocycles. The summed E-state index contributed by atoms with van der Waals surface area (Å²) in [5.74, 6) is -2.33. The predicted octanol–water partition coefficient (Wildman–Crippen LogP) is 2.51. The van der Waals surface area contributed by atoms with Gasteiger partial charge in [0.2, 0.25) is 6.29 Å². The standard InChI is InChI=1S/C21H14O9/c1-27-21-14(15-17(24)12-8(22)4-2-6-10(12)28-19(15)25)16-18(30-21)13-9(23)5-3-7-11(13)29-20(16)26/h2-7,14,21-24H,1H3. The average molecular weight is 410 g/mol. The number of methoxy groups -OCH3 is 1. The van der Waals surface area contributed by atoms with Crippen molar-refractivity contribution in [1.82, 2.24) is 0 Å². The van der Waals surface area contributed by atoms with Crippen molar-refractivity contribution in [2.75, 3.05) is 7.11 Å². The number of phenols is 2. The summed E-state index contributed by atoms with van der Waals surface area (Å²) in [7, 11) is 1.30. The molecule has 0 aliphatic carbocycles. The molecule has 4 aromatic rings. The number of hydrogen-bond donors (Lipinski definition) is 3. The highest BCUT2D eigenvalue weighted by atomic mass is 16.7. The van der Waals surface area contributed by atoms with Crippen LogP contribution < -0.4 is 16.0 Å². The second kappa shape index (κ2) is 6.26. The van der Waals surface area contributed by atoms with E-state index in [1.165, 1.54) is 43.5 Å². The van der Waals surface area contributed by atoms with Gasteiger partial charge in [-0.05, 0) is 24.3 Å². The zero-order valence-corrected chi connectivity index (χ0v) is 15.4. The van der Waals surface area contributed by atoms with Gasteiger partial charge in [-0.15, -0.1) is 0 Å². The number of fused-ring (bicyclic) bond motifs is 4. The Morgan fingerprint density at radius 2 is 1.40 bits per heavy atom. The molecule has 0 saturated heterocycles. The molecular weight excluding hydrogens is 396 g/mol. The summed E-state index contributed by atoms with van der Waals surface area (Å²) in [4.78, 5) is 25.6. The Hall–Kier alpha value is -3.98. The smallest absolute Gasteiger partial charge is 0.344 e. The van der Waals surface area contributed by atoms with E-state index in [0.29, 0.717) is 0 Å². The van der Waals surface area contributed by atoms with Crippen molar-refractivity contribution in [2.24, 2.45) is 0 Å². The molecule has 1 aliphatic rings. The number of rotatable bonds is 2. The second-order valence-corrected chi connectivity index (χ2v) is 6.78. The fraction of sp³-hybridized carbons (Fsp3) is 0.143. The van der Waals surface area contributed by atoms with Crippen molar-refractivity contribution in [1.29, 1.82) is 0 Å². The summed E-state index contributed by atoms with van der Waals surface area (Å²) in [5, 5.41) is 31.3. The first kappa shape index (κ1) is 18.1. The number of phenolic OH excluding ortho intramolecular Hbond substituents is 2. The summed E-state index contributed by atoms with van der Waals surface area (Å²) in [5.41, 5.74) is -2.17. The summed E-state index contributed by atoms with van der Waals surface area (Å²) in [6, 6.07) is 8.55. The minimum atomic E-state index is -1.23. The van der Waals surface area contributed by atoms with Crippen molar-refractivity contribution >= 4 is 21.9 Å². The minimum Gasteiger partial charge on any atom is -0.507 e. The molecule has 2 unspecified atom stereocenters. The van der Waals surface area contributed by atoms with Crippen LogP contribution in [0.4, 0.5) is 0 Å². The maximum absolute atomic E-state index is 12.8. The Morgan fingerprint density at radius 3 is 2.03 bits per heavy atom. The van der Waals surface area contributed by atoms with Crippen molar-refractivity contribution in [3.63, 3.8) is 0 Å². The van der Waals surface area contributed by atoms with Crippen molar-refractivity contribution < 1.29 is 33.6 Å². The highest BCUT2D eigenvalue weighted by Gasteiger charge is 2.44. The van der Waals surface area contributed by atoms with Crippen molar-refractivity contribution in [3.05, 3.63) is 68.4 Å². The maximum Gasteiger partial charge on any atom is 0.344 e. The van der Waals surface area contributed by atoms with E-state index in [1.54, 1.807) is 0 Å². The molecule has 3 N–H and O–H groups in total. The van der Waals surface area contributed by atoms with Gasteiger partial charge in [0.05, 0.1) is 17.0 Å². The van der Waals surface area contributed by atoms with Gasteiger partial charge in [0.25, 0.3) is 0 Å². The zero-order valence-electron chi connectivity index (χ0n) is 15.4. The molecule has 0 radical (unpaired) electrons. The van der Waals surface area contributed by atoms with Gasteiger partial charge in [-0.25, -0.2) is 9.59 Å². The van der Waals surface area contributed by atoms with Gasteiger partial charge in [0, 0.05) is 7.11 Å². The maximum atomic E-state index is 12.8. The molecule has 0 bridgehead atoms. The molecule has 2 aromatic heterocycles. The molecular formula is C21H14O9. The first-order valence-electron chi connectivity index (χ1n) is 8.88. The van der Waals surface area contributed by atoms with E-state index in [9.17, 15) is 24.9 Å². The summed E-state index contributed by atoms with van der Waals surface area (Å²) in [6.45, 7) is 0. The largest absolute Gasteiger partial charge is 0.507 e. The van der Waals surface area contributed by atoms with E-state index in [2.05, 4.69) is 0 Å². The SMILES string of the molecule is COC1Oc2c(c(=O)oc3cccc(O)c23)C1c1c(O)c2c(O)cccc2oc1=O. The summed E-state index contributed by atoms with van der Waals surface area (Å²) < 4.78 is 21.6. The zero-order chi connectivity index (χ0) is 21.2. The molecule has 0 spiro atoms. The van der Waals surface area contributed by atoms with Crippen LogP contribution in [0.25, 0.3) is 21.9 Å². The van der Waals surface area contributed by atoms with E-state index in [0.717, 1.165) is 0 Å². The van der Waals surface area contributed by atoms with Crippen LogP contribution in [-0.4, -0.2) is 28.7 Å². The van der Waals surface area contributed by atoms with E-state index < -0.39 is 29.2 Å². The molecule has 0 fully saturated rings. The van der Waals surface area contributed by atoms with Gasteiger partial charge < -0.3 is 33.6 Å². The third-order valence-corrected chi connectivity index (χ3v) is 5.18. The third-order valence-electron chi connectivity index (χ3n) is 5.18. The summed E-state index contributed by atoms with van der Waals surface area (Å²) in [6.07, 6.45) is -1.20. The topological polar surface area (TPSA) is 140 Å². The monoisotopic (exact) mass is 410 g/mol. The Balaban J connectivity index is 1.88. The van der Waals surface area contributed by atoms with Gasteiger partial charge in [-0.3, -0.25) is 0 Å².